The molecule has 0 aliphatic heterocycles. The highest BCUT2D eigenvalue weighted by molar-refractivity contribution is 7.90. The summed E-state index contributed by atoms with van der Waals surface area (Å²) in [7, 11) is -3.48. The Morgan fingerprint density at radius 2 is 1.81 bits per heavy atom. The Labute approximate surface area is 166 Å². The van der Waals surface area contributed by atoms with Crippen LogP contribution in [0.4, 0.5) is 5.82 Å². The molecule has 2 aromatic rings. The van der Waals surface area contributed by atoms with Gasteiger partial charge in [-0.2, -0.15) is 0 Å². The third-order valence-corrected chi connectivity index (χ3v) is 5.34. The van der Waals surface area contributed by atoms with Gasteiger partial charge in [-0.3, -0.25) is 4.79 Å². The second-order valence-electron chi connectivity index (χ2n) is 5.76. The maximum absolute atomic E-state index is 12.2. The van der Waals surface area contributed by atoms with Gasteiger partial charge in [0.1, 0.15) is 0 Å². The van der Waals surface area contributed by atoms with Gasteiger partial charge in [-0.25, -0.2) is 18.2 Å². The van der Waals surface area contributed by atoms with Crippen LogP contribution >= 0.6 is 23.2 Å². The molecule has 0 unspecified atom stereocenters. The van der Waals surface area contributed by atoms with Crippen molar-refractivity contribution in [2.75, 3.05) is 18.2 Å². The van der Waals surface area contributed by atoms with Crippen LogP contribution < -0.4 is 5.32 Å². The smallest absolute Gasteiger partial charge is 0.338 e. The lowest BCUT2D eigenvalue weighted by Crippen LogP contribution is -2.22. The Hall–Kier alpha value is -2.16. The first-order valence-electron chi connectivity index (χ1n) is 7.59. The molecule has 0 saturated carbocycles. The van der Waals surface area contributed by atoms with Crippen molar-refractivity contribution in [3.05, 3.63) is 51.1 Å². The van der Waals surface area contributed by atoms with E-state index in [1.807, 2.05) is 0 Å². The Balaban J connectivity index is 2.08. The minimum Gasteiger partial charge on any atom is -0.452 e. The number of sulfone groups is 1. The molecule has 1 aromatic heterocycles. The molecule has 0 bridgehead atoms. The molecule has 27 heavy (non-hydrogen) atoms. The number of aromatic nitrogens is 1. The van der Waals surface area contributed by atoms with Crippen molar-refractivity contribution in [2.24, 2.45) is 0 Å². The molecule has 0 fully saturated rings. The zero-order valence-electron chi connectivity index (χ0n) is 14.7. The van der Waals surface area contributed by atoms with Crippen molar-refractivity contribution in [1.82, 2.24) is 4.98 Å². The second kappa shape index (κ2) is 8.24. The molecule has 1 N–H and O–H groups in total. The van der Waals surface area contributed by atoms with Gasteiger partial charge in [0.05, 0.1) is 26.2 Å². The van der Waals surface area contributed by atoms with Gasteiger partial charge in [-0.05, 0) is 37.6 Å². The predicted molar refractivity (Wildman–Crippen MR) is 102 cm³/mol. The van der Waals surface area contributed by atoms with Gasteiger partial charge in [0, 0.05) is 6.26 Å². The van der Waals surface area contributed by atoms with Crippen molar-refractivity contribution in [3.8, 4) is 0 Å². The number of hydrogen-bond acceptors (Lipinski definition) is 6. The molecule has 0 atom stereocenters. The molecular weight excluding hydrogens is 415 g/mol. The molecule has 1 amide bonds. The van der Waals surface area contributed by atoms with Crippen molar-refractivity contribution in [2.45, 2.75) is 18.7 Å². The summed E-state index contributed by atoms with van der Waals surface area (Å²) in [6.07, 6.45) is 1.03. The number of pyridine rings is 1. The van der Waals surface area contributed by atoms with Gasteiger partial charge in [0.25, 0.3) is 5.91 Å². The maximum atomic E-state index is 12.2. The number of carbonyl (C=O) groups is 2. The highest BCUT2D eigenvalue weighted by Gasteiger charge is 2.17. The fourth-order valence-electron chi connectivity index (χ4n) is 2.07. The lowest BCUT2D eigenvalue weighted by Gasteiger charge is -2.10. The first-order chi connectivity index (χ1) is 12.5. The van der Waals surface area contributed by atoms with Crippen LogP contribution in [0.15, 0.2) is 29.2 Å². The molecule has 10 heteroatoms. The van der Waals surface area contributed by atoms with Gasteiger partial charge >= 0.3 is 5.97 Å². The zero-order valence-corrected chi connectivity index (χ0v) is 17.0. The Kier molecular flexibility index (Phi) is 6.46. The number of amides is 1. The number of aryl methyl sites for hydroxylation is 2. The minimum atomic E-state index is -3.48. The molecule has 0 aliphatic rings. The van der Waals surface area contributed by atoms with Gasteiger partial charge in [0.15, 0.2) is 22.3 Å². The number of nitrogens with zero attached hydrogens (tertiary/aromatic N) is 1. The van der Waals surface area contributed by atoms with E-state index in [0.29, 0.717) is 16.3 Å². The number of hydrogen-bond donors (Lipinski definition) is 1. The summed E-state index contributed by atoms with van der Waals surface area (Å²) in [5, 5.41) is 2.91. The highest BCUT2D eigenvalue weighted by Crippen LogP contribution is 2.25. The summed E-state index contributed by atoms with van der Waals surface area (Å²) in [6.45, 7) is 2.68. The van der Waals surface area contributed by atoms with E-state index in [1.54, 1.807) is 13.8 Å². The number of benzene rings is 1. The van der Waals surface area contributed by atoms with Crippen molar-refractivity contribution >= 4 is 50.7 Å². The third kappa shape index (κ3) is 5.41. The van der Waals surface area contributed by atoms with E-state index >= 15 is 0 Å². The fourth-order valence-corrected chi connectivity index (χ4v) is 3.13. The van der Waals surface area contributed by atoms with Crippen LogP contribution in [0.5, 0.6) is 0 Å². The standard InChI is InChI=1S/C17H16Cl2N2O5S/c1-9-4-5-11(27(3,24)25)6-12(9)17(23)26-8-15(22)21-16-14(19)7-13(18)10(2)20-16/h4-7H,8H2,1-3H3,(H,20,21,22). The van der Waals surface area contributed by atoms with Crippen molar-refractivity contribution in [1.29, 1.82) is 0 Å². The summed E-state index contributed by atoms with van der Waals surface area (Å²) in [5.74, 6) is -1.38. The Bertz CT molecular complexity index is 1020. The van der Waals surface area contributed by atoms with E-state index in [4.69, 9.17) is 27.9 Å². The molecule has 1 aromatic carbocycles. The van der Waals surface area contributed by atoms with Crippen LogP contribution in [0.1, 0.15) is 21.6 Å². The number of halogens is 2. The summed E-state index contributed by atoms with van der Waals surface area (Å²) in [5.41, 5.74) is 1.05. The zero-order chi connectivity index (χ0) is 20.4. The fraction of sp³-hybridized carbons (Fsp3) is 0.235. The molecule has 0 spiro atoms. The molecule has 0 saturated heterocycles. The van der Waals surface area contributed by atoms with Gasteiger partial charge < -0.3 is 10.1 Å². The molecule has 144 valence electrons. The van der Waals surface area contributed by atoms with E-state index < -0.39 is 28.3 Å². The van der Waals surface area contributed by atoms with Gasteiger partial charge in [-0.15, -0.1) is 0 Å². The van der Waals surface area contributed by atoms with Crippen LogP contribution in [0.2, 0.25) is 10.0 Å². The van der Waals surface area contributed by atoms with E-state index in [-0.39, 0.29) is 21.3 Å². The maximum Gasteiger partial charge on any atom is 0.338 e. The lowest BCUT2D eigenvalue weighted by molar-refractivity contribution is -0.119. The molecule has 7 nitrogen and oxygen atoms in total. The first kappa shape index (κ1) is 21.1. The number of nitrogens with one attached hydrogen (secondary N) is 1. The number of anilines is 1. The van der Waals surface area contributed by atoms with Crippen LogP contribution in [0.3, 0.4) is 0 Å². The van der Waals surface area contributed by atoms with Crippen molar-refractivity contribution < 1.29 is 22.7 Å². The molecule has 0 radical (unpaired) electrons. The van der Waals surface area contributed by atoms with Crippen LogP contribution in [-0.4, -0.2) is 38.1 Å². The molecule has 2 rings (SSSR count). The largest absolute Gasteiger partial charge is 0.452 e. The quantitative estimate of drug-likeness (QED) is 0.730. The third-order valence-electron chi connectivity index (χ3n) is 3.55. The van der Waals surface area contributed by atoms with Gasteiger partial charge in [-0.1, -0.05) is 29.3 Å². The minimum absolute atomic E-state index is 0.0166. The second-order valence-corrected chi connectivity index (χ2v) is 8.59. The van der Waals surface area contributed by atoms with Crippen LogP contribution in [0.25, 0.3) is 0 Å². The number of carbonyl (C=O) groups excluding carboxylic acids is 2. The first-order valence-corrected chi connectivity index (χ1v) is 10.2. The van der Waals surface area contributed by atoms with Gasteiger partial charge in [0.2, 0.25) is 0 Å². The summed E-state index contributed by atoms with van der Waals surface area (Å²) in [6, 6.07) is 5.54. The predicted octanol–water partition coefficient (Wildman–Crippen LogP) is 3.20. The van der Waals surface area contributed by atoms with E-state index in [1.165, 1.54) is 24.3 Å². The molecule has 0 aliphatic carbocycles. The SMILES string of the molecule is Cc1ccc(S(C)(=O)=O)cc1C(=O)OCC(=O)Nc1nc(C)c(Cl)cc1Cl. The monoisotopic (exact) mass is 430 g/mol. The average molecular weight is 431 g/mol. The Morgan fingerprint density at radius 1 is 1.15 bits per heavy atom. The average Bonchev–Trinajstić information content (AvgIpc) is 2.57. The van der Waals surface area contributed by atoms with Crippen LogP contribution in [-0.2, 0) is 19.4 Å². The summed E-state index contributed by atoms with van der Waals surface area (Å²) in [4.78, 5) is 28.2. The molecule has 1 heterocycles. The number of rotatable bonds is 5. The van der Waals surface area contributed by atoms with Crippen molar-refractivity contribution in [3.63, 3.8) is 0 Å². The lowest BCUT2D eigenvalue weighted by atomic mass is 10.1. The van der Waals surface area contributed by atoms with Crippen LogP contribution in [0, 0.1) is 13.8 Å². The summed E-state index contributed by atoms with van der Waals surface area (Å²) < 4.78 is 28.2. The number of ether oxygens (including phenoxy) is 1. The summed E-state index contributed by atoms with van der Waals surface area (Å²) >= 11 is 11.8. The number of esters is 1. The topological polar surface area (TPSA) is 102 Å². The molecular formula is C17H16Cl2N2O5S. The van der Waals surface area contributed by atoms with E-state index in [2.05, 4.69) is 10.3 Å². The normalized spacial score (nSPS) is 11.1. The highest BCUT2D eigenvalue weighted by atomic mass is 35.5. The Morgan fingerprint density at radius 3 is 2.44 bits per heavy atom. The van der Waals surface area contributed by atoms with E-state index in [0.717, 1.165) is 6.26 Å². The van der Waals surface area contributed by atoms with E-state index in [9.17, 15) is 18.0 Å².